The molecule has 3 N–H and O–H groups in total. The van der Waals surface area contributed by atoms with Crippen LogP contribution in [0.4, 0.5) is 4.39 Å². The maximum atomic E-state index is 14.2. The van der Waals surface area contributed by atoms with Crippen LogP contribution in [0, 0.1) is 17.7 Å². The highest BCUT2D eigenvalue weighted by Gasteiger charge is 2.33. The van der Waals surface area contributed by atoms with E-state index < -0.39 is 5.82 Å². The van der Waals surface area contributed by atoms with Gasteiger partial charge >= 0.3 is 0 Å². The van der Waals surface area contributed by atoms with Crippen LogP contribution >= 0.6 is 11.6 Å². The van der Waals surface area contributed by atoms with E-state index in [-0.39, 0.29) is 29.3 Å². The molecule has 5 nitrogen and oxygen atoms in total. The second kappa shape index (κ2) is 10.7. The number of hydrogen-bond acceptors (Lipinski definition) is 4. The van der Waals surface area contributed by atoms with Crippen molar-refractivity contribution in [3.63, 3.8) is 0 Å². The lowest BCUT2D eigenvalue weighted by Crippen LogP contribution is -2.34. The normalized spacial score (nSPS) is 17.4. The van der Waals surface area contributed by atoms with Gasteiger partial charge in [0.15, 0.2) is 0 Å². The Morgan fingerprint density at radius 2 is 2.00 bits per heavy atom. The summed E-state index contributed by atoms with van der Waals surface area (Å²) in [5.74, 6) is 0.0613. The summed E-state index contributed by atoms with van der Waals surface area (Å²) < 4.78 is 26.2. The Balaban J connectivity index is 1.28. The Bertz CT molecular complexity index is 1390. The van der Waals surface area contributed by atoms with E-state index in [9.17, 15) is 9.18 Å². The fourth-order valence-corrected chi connectivity index (χ4v) is 5.20. The number of rotatable bonds is 8. The first kappa shape index (κ1) is 24.3. The van der Waals surface area contributed by atoms with Crippen molar-refractivity contribution in [2.45, 2.75) is 32.4 Å². The van der Waals surface area contributed by atoms with Gasteiger partial charge in [-0.15, -0.1) is 0 Å². The van der Waals surface area contributed by atoms with Crippen LogP contribution in [0.15, 0.2) is 71.3 Å². The predicted octanol–water partition coefficient (Wildman–Crippen LogP) is 6.46. The molecule has 186 valence electrons. The first-order valence-electron chi connectivity index (χ1n) is 12.2. The van der Waals surface area contributed by atoms with Gasteiger partial charge in [0.05, 0.1) is 17.9 Å². The zero-order chi connectivity index (χ0) is 25.1. The van der Waals surface area contributed by atoms with Gasteiger partial charge in [0, 0.05) is 41.4 Å². The number of fused-ring (bicyclic) bond motifs is 1. The number of amides is 1. The molecule has 0 bridgehead atoms. The molecule has 1 fully saturated rings. The topological polar surface area (TPSA) is 77.5 Å². The molecular formula is C29H28ClFN2O3. The third kappa shape index (κ3) is 5.11. The second-order valence-corrected chi connectivity index (χ2v) is 9.66. The molecule has 7 heteroatoms. The minimum absolute atomic E-state index is 0.0533. The smallest absolute Gasteiger partial charge is 0.223 e. The van der Waals surface area contributed by atoms with Crippen LogP contribution in [0.5, 0.6) is 5.75 Å². The number of halogens is 2. The van der Waals surface area contributed by atoms with Gasteiger partial charge in [-0.1, -0.05) is 48.4 Å². The van der Waals surface area contributed by atoms with Gasteiger partial charge in [-0.3, -0.25) is 4.79 Å². The Labute approximate surface area is 214 Å². The molecule has 1 amide bonds. The van der Waals surface area contributed by atoms with Gasteiger partial charge < -0.3 is 20.2 Å². The maximum absolute atomic E-state index is 14.2. The Hall–Kier alpha value is -3.35. The van der Waals surface area contributed by atoms with Gasteiger partial charge in [-0.05, 0) is 54.3 Å². The number of hydrogen-bond donors (Lipinski definition) is 2. The van der Waals surface area contributed by atoms with E-state index >= 15 is 0 Å². The van der Waals surface area contributed by atoms with Crippen molar-refractivity contribution >= 4 is 28.5 Å². The van der Waals surface area contributed by atoms with Gasteiger partial charge in [-0.2, -0.15) is 0 Å². The number of ether oxygens (including phenoxy) is 1. The quantitative estimate of drug-likeness (QED) is 0.287. The summed E-state index contributed by atoms with van der Waals surface area (Å²) in [5.41, 5.74) is 9.99. The van der Waals surface area contributed by atoms with Crippen LogP contribution in [0.2, 0.25) is 5.02 Å². The number of nitrogens with one attached hydrogen (secondary N) is 1. The first-order valence-corrected chi connectivity index (χ1v) is 12.6. The molecule has 5 rings (SSSR count). The van der Waals surface area contributed by atoms with E-state index in [0.29, 0.717) is 18.7 Å². The fraction of sp³-hybridized carbons (Fsp3) is 0.276. The van der Waals surface area contributed by atoms with Crippen LogP contribution in [-0.2, 0) is 17.9 Å². The van der Waals surface area contributed by atoms with Crippen molar-refractivity contribution in [1.29, 1.82) is 0 Å². The lowest BCUT2D eigenvalue weighted by atomic mass is 9.95. The molecule has 0 aliphatic heterocycles. The largest absolute Gasteiger partial charge is 0.493 e. The molecule has 4 aromatic rings. The average molecular weight is 507 g/mol. The van der Waals surface area contributed by atoms with Crippen LogP contribution in [0.3, 0.4) is 0 Å². The summed E-state index contributed by atoms with van der Waals surface area (Å²) in [6, 6.07) is 18.7. The lowest BCUT2D eigenvalue weighted by molar-refractivity contribution is -0.126. The molecule has 0 unspecified atom stereocenters. The average Bonchev–Trinajstić information content (AvgIpc) is 3.57. The summed E-state index contributed by atoms with van der Waals surface area (Å²) in [5, 5.41) is 3.89. The van der Waals surface area contributed by atoms with E-state index in [1.54, 1.807) is 18.4 Å². The van der Waals surface area contributed by atoms with Gasteiger partial charge in [0.1, 0.15) is 17.1 Å². The Kier molecular flexibility index (Phi) is 7.25. The third-order valence-corrected chi connectivity index (χ3v) is 7.23. The molecule has 3 aromatic carbocycles. The Morgan fingerprint density at radius 3 is 2.86 bits per heavy atom. The van der Waals surface area contributed by atoms with Crippen LogP contribution in [0.1, 0.15) is 30.4 Å². The van der Waals surface area contributed by atoms with Gasteiger partial charge in [0.25, 0.3) is 0 Å². The number of benzene rings is 3. The van der Waals surface area contributed by atoms with Crippen molar-refractivity contribution in [2.24, 2.45) is 17.6 Å². The fourth-order valence-electron chi connectivity index (χ4n) is 5.00. The molecule has 0 saturated heterocycles. The summed E-state index contributed by atoms with van der Waals surface area (Å²) in [7, 11) is 0. The number of nitrogens with two attached hydrogens (primary N) is 1. The summed E-state index contributed by atoms with van der Waals surface area (Å²) in [6.07, 6.45) is 4.32. The molecule has 2 atom stereocenters. The minimum atomic E-state index is -0.492. The Morgan fingerprint density at radius 1 is 1.14 bits per heavy atom. The number of carbonyl (C=O) groups is 1. The molecule has 0 radical (unpaired) electrons. The van der Waals surface area contributed by atoms with Gasteiger partial charge in [-0.25, -0.2) is 4.39 Å². The van der Waals surface area contributed by atoms with E-state index in [2.05, 4.69) is 11.4 Å². The summed E-state index contributed by atoms with van der Waals surface area (Å²) >= 11 is 5.86. The van der Waals surface area contributed by atoms with Crippen molar-refractivity contribution in [3.8, 4) is 16.9 Å². The van der Waals surface area contributed by atoms with E-state index in [1.165, 1.54) is 6.07 Å². The zero-order valence-corrected chi connectivity index (χ0v) is 20.6. The molecule has 1 aliphatic carbocycles. The minimum Gasteiger partial charge on any atom is -0.493 e. The highest BCUT2D eigenvalue weighted by Crippen LogP contribution is 2.36. The second-order valence-electron chi connectivity index (χ2n) is 9.25. The predicted molar refractivity (Wildman–Crippen MR) is 139 cm³/mol. The van der Waals surface area contributed by atoms with Crippen LogP contribution in [-0.4, -0.2) is 12.5 Å². The molecule has 36 heavy (non-hydrogen) atoms. The first-order chi connectivity index (χ1) is 17.5. The highest BCUT2D eigenvalue weighted by atomic mass is 35.5. The molecule has 1 heterocycles. The lowest BCUT2D eigenvalue weighted by Gasteiger charge is -2.20. The summed E-state index contributed by atoms with van der Waals surface area (Å²) in [4.78, 5) is 12.9. The van der Waals surface area contributed by atoms with Crippen molar-refractivity contribution in [1.82, 2.24) is 5.32 Å². The molecule has 1 aromatic heterocycles. The molecule has 1 aliphatic rings. The third-order valence-electron chi connectivity index (χ3n) is 6.94. The van der Waals surface area contributed by atoms with Crippen molar-refractivity contribution in [2.75, 3.05) is 6.61 Å². The van der Waals surface area contributed by atoms with E-state index in [1.807, 2.05) is 36.4 Å². The number of furan rings is 1. The van der Waals surface area contributed by atoms with Crippen LogP contribution in [0.25, 0.3) is 22.1 Å². The standard InChI is InChI=1S/C29H28ClFN2O3/c30-26-9-3-6-21(27(26)31)16-33-29(34)24-8-2-7-22(24)17-36-23-13-20-10-11-35-28(20)25(14-23)19-5-1-4-18(12-19)15-32/h1,3-6,9-14,22,24H,2,7-8,15-17,32H2,(H,33,34)/t22-,24+/m1/s1. The molecule has 0 spiro atoms. The highest BCUT2D eigenvalue weighted by molar-refractivity contribution is 6.30. The maximum Gasteiger partial charge on any atom is 0.223 e. The van der Waals surface area contributed by atoms with Crippen molar-refractivity contribution < 1.29 is 18.3 Å². The van der Waals surface area contributed by atoms with Crippen LogP contribution < -0.4 is 15.8 Å². The van der Waals surface area contributed by atoms with E-state index in [0.717, 1.165) is 52.7 Å². The van der Waals surface area contributed by atoms with E-state index in [4.69, 9.17) is 26.5 Å². The SMILES string of the molecule is NCc1cccc(-c2cc(OC[C@H]3CCC[C@@H]3C(=O)NCc3cccc(Cl)c3F)cc3ccoc23)c1. The monoisotopic (exact) mass is 506 g/mol. The zero-order valence-electron chi connectivity index (χ0n) is 19.8. The molecule has 1 saturated carbocycles. The summed E-state index contributed by atoms with van der Waals surface area (Å²) in [6.45, 7) is 0.993. The molecular weight excluding hydrogens is 479 g/mol. The van der Waals surface area contributed by atoms with Crippen molar-refractivity contribution in [3.05, 3.63) is 88.9 Å². The van der Waals surface area contributed by atoms with Gasteiger partial charge in [0.2, 0.25) is 5.91 Å². The number of carbonyl (C=O) groups excluding carboxylic acids is 1.